The first kappa shape index (κ1) is 30.0. The van der Waals surface area contributed by atoms with Gasteiger partial charge >= 0.3 is 0 Å². The number of amides is 3. The van der Waals surface area contributed by atoms with Crippen LogP contribution in [0.3, 0.4) is 0 Å². The normalized spacial score (nSPS) is 14.2. The zero-order valence-corrected chi connectivity index (χ0v) is 24.8. The number of anilines is 2. The quantitative estimate of drug-likeness (QED) is 0.320. The summed E-state index contributed by atoms with van der Waals surface area (Å²) in [6.45, 7) is 6.24. The van der Waals surface area contributed by atoms with Crippen LogP contribution in [0.4, 0.5) is 11.4 Å². The minimum absolute atomic E-state index is 0.126. The molecule has 0 unspecified atom stereocenters. The Balaban J connectivity index is 1.65. The second kappa shape index (κ2) is 11.9. The van der Waals surface area contributed by atoms with Gasteiger partial charge in [0.2, 0.25) is 15.9 Å². The van der Waals surface area contributed by atoms with E-state index in [1.807, 2.05) is 33.9 Å². The first-order chi connectivity index (χ1) is 19.4. The lowest BCUT2D eigenvalue weighted by Gasteiger charge is -2.51. The predicted octanol–water partition coefficient (Wildman–Crippen LogP) is 3.69. The molecule has 1 saturated heterocycles. The van der Waals surface area contributed by atoms with Crippen molar-refractivity contribution in [3.63, 3.8) is 0 Å². The molecule has 12 heteroatoms. The Morgan fingerprint density at radius 1 is 1.05 bits per heavy atom. The van der Waals surface area contributed by atoms with E-state index in [-0.39, 0.29) is 39.5 Å². The number of sulfonamides is 1. The van der Waals surface area contributed by atoms with Crippen molar-refractivity contribution < 1.29 is 22.8 Å². The molecule has 216 valence electrons. The molecule has 3 N–H and O–H groups in total. The van der Waals surface area contributed by atoms with Gasteiger partial charge in [0.15, 0.2) is 0 Å². The van der Waals surface area contributed by atoms with Crippen LogP contribution in [-0.4, -0.2) is 57.0 Å². The van der Waals surface area contributed by atoms with Crippen molar-refractivity contribution in [2.24, 2.45) is 0 Å². The van der Waals surface area contributed by atoms with E-state index < -0.39 is 27.3 Å². The summed E-state index contributed by atoms with van der Waals surface area (Å²) < 4.78 is 25.6. The van der Waals surface area contributed by atoms with Crippen LogP contribution in [0.5, 0.6) is 0 Å². The van der Waals surface area contributed by atoms with Gasteiger partial charge in [-0.2, -0.15) is 0 Å². The van der Waals surface area contributed by atoms with Crippen molar-refractivity contribution in [2.75, 3.05) is 36.1 Å². The van der Waals surface area contributed by atoms with Crippen LogP contribution in [0.2, 0.25) is 5.15 Å². The van der Waals surface area contributed by atoms with Gasteiger partial charge in [0, 0.05) is 31.4 Å². The molecule has 2 heterocycles. The van der Waals surface area contributed by atoms with E-state index >= 15 is 0 Å². The van der Waals surface area contributed by atoms with Crippen molar-refractivity contribution in [2.45, 2.75) is 32.1 Å². The SMILES string of the molecule is CCS(=O)(=O)NC(=O)c1ccc(N2CC(C(=O)Nc3cnc(Cl)cc3C(=O)NC)(c3ccccc3C(C)C)C2)cc1. The zero-order chi connectivity index (χ0) is 29.9. The first-order valence-corrected chi connectivity index (χ1v) is 15.1. The third-order valence-electron chi connectivity index (χ3n) is 7.17. The highest BCUT2D eigenvalue weighted by atomic mass is 35.5. The average Bonchev–Trinajstić information content (AvgIpc) is 2.93. The Morgan fingerprint density at radius 2 is 1.71 bits per heavy atom. The Labute approximate surface area is 244 Å². The Morgan fingerprint density at radius 3 is 2.32 bits per heavy atom. The van der Waals surface area contributed by atoms with Crippen molar-refractivity contribution >= 4 is 50.7 Å². The van der Waals surface area contributed by atoms with Crippen LogP contribution in [0.25, 0.3) is 0 Å². The summed E-state index contributed by atoms with van der Waals surface area (Å²) in [5.41, 5.74) is 2.38. The summed E-state index contributed by atoms with van der Waals surface area (Å²) in [5.74, 6) is -1.46. The highest BCUT2D eigenvalue weighted by Gasteiger charge is 2.52. The number of halogens is 1. The molecule has 10 nitrogen and oxygen atoms in total. The summed E-state index contributed by atoms with van der Waals surface area (Å²) in [6.07, 6.45) is 1.37. The number of aromatic nitrogens is 1. The van der Waals surface area contributed by atoms with Crippen molar-refractivity contribution in [3.8, 4) is 0 Å². The Kier molecular flexibility index (Phi) is 8.69. The fourth-order valence-corrected chi connectivity index (χ4v) is 5.55. The van der Waals surface area contributed by atoms with Crippen LogP contribution in [0, 0.1) is 0 Å². The van der Waals surface area contributed by atoms with Gasteiger partial charge < -0.3 is 15.5 Å². The molecular weight excluding hydrogens is 566 g/mol. The lowest BCUT2D eigenvalue weighted by molar-refractivity contribution is -0.122. The molecule has 0 atom stereocenters. The predicted molar refractivity (Wildman–Crippen MR) is 159 cm³/mol. The number of carbonyl (C=O) groups excluding carboxylic acids is 3. The van der Waals surface area contributed by atoms with Gasteiger partial charge in [-0.05, 0) is 54.3 Å². The molecule has 0 aliphatic carbocycles. The number of nitrogens with one attached hydrogen (secondary N) is 3. The van der Waals surface area contributed by atoms with Gasteiger partial charge in [-0.15, -0.1) is 0 Å². The lowest BCUT2D eigenvalue weighted by Crippen LogP contribution is -2.65. The fraction of sp³-hybridized carbons (Fsp3) is 0.310. The van der Waals surface area contributed by atoms with Gasteiger partial charge in [0.25, 0.3) is 11.8 Å². The van der Waals surface area contributed by atoms with E-state index in [9.17, 15) is 22.8 Å². The summed E-state index contributed by atoms with van der Waals surface area (Å²) in [4.78, 5) is 45.0. The number of nitrogens with zero attached hydrogens (tertiary/aromatic N) is 2. The topological polar surface area (TPSA) is 138 Å². The van der Waals surface area contributed by atoms with Gasteiger partial charge in [-0.25, -0.2) is 18.1 Å². The molecule has 2 aromatic carbocycles. The molecule has 1 aliphatic heterocycles. The average molecular weight is 598 g/mol. The van der Waals surface area contributed by atoms with Gasteiger partial charge in [0.1, 0.15) is 10.6 Å². The summed E-state index contributed by atoms with van der Waals surface area (Å²) >= 11 is 6.03. The summed E-state index contributed by atoms with van der Waals surface area (Å²) in [5, 5.41) is 5.61. The second-order valence-corrected chi connectivity index (χ2v) is 12.5. The largest absolute Gasteiger partial charge is 0.369 e. The molecule has 0 spiro atoms. The molecule has 1 fully saturated rings. The highest BCUT2D eigenvalue weighted by molar-refractivity contribution is 7.90. The maximum absolute atomic E-state index is 14.1. The fourth-order valence-electron chi connectivity index (χ4n) is 4.85. The first-order valence-electron chi connectivity index (χ1n) is 13.1. The molecule has 3 aromatic rings. The Hall–Kier alpha value is -3.96. The minimum atomic E-state index is -3.68. The number of benzene rings is 2. The number of hydrogen-bond acceptors (Lipinski definition) is 7. The smallest absolute Gasteiger partial charge is 0.264 e. The van der Waals surface area contributed by atoms with E-state index in [0.29, 0.717) is 13.1 Å². The molecule has 0 saturated carbocycles. The second-order valence-electron chi connectivity index (χ2n) is 10.1. The number of pyridine rings is 1. The van der Waals surface area contributed by atoms with Crippen LogP contribution in [0.15, 0.2) is 60.8 Å². The molecule has 41 heavy (non-hydrogen) atoms. The molecule has 0 bridgehead atoms. The van der Waals surface area contributed by atoms with Crippen LogP contribution in [-0.2, 0) is 20.2 Å². The molecule has 0 radical (unpaired) electrons. The van der Waals surface area contributed by atoms with Crippen molar-refractivity contribution in [3.05, 3.63) is 88.2 Å². The lowest BCUT2D eigenvalue weighted by atomic mass is 9.69. The van der Waals surface area contributed by atoms with E-state index in [1.54, 1.807) is 24.3 Å². The van der Waals surface area contributed by atoms with Crippen LogP contribution < -0.4 is 20.3 Å². The highest BCUT2D eigenvalue weighted by Crippen LogP contribution is 2.42. The molecule has 3 amide bonds. The zero-order valence-electron chi connectivity index (χ0n) is 23.2. The maximum atomic E-state index is 14.1. The monoisotopic (exact) mass is 597 g/mol. The van der Waals surface area contributed by atoms with E-state index in [2.05, 4.69) is 29.5 Å². The van der Waals surface area contributed by atoms with Gasteiger partial charge in [-0.3, -0.25) is 14.4 Å². The van der Waals surface area contributed by atoms with E-state index in [1.165, 1.54) is 26.2 Å². The summed E-state index contributed by atoms with van der Waals surface area (Å²) in [6, 6.07) is 15.7. The number of hydrogen-bond donors (Lipinski definition) is 3. The van der Waals surface area contributed by atoms with Crippen LogP contribution >= 0.6 is 11.6 Å². The van der Waals surface area contributed by atoms with Gasteiger partial charge in [0.05, 0.1) is 23.2 Å². The van der Waals surface area contributed by atoms with Gasteiger partial charge in [-0.1, -0.05) is 49.7 Å². The maximum Gasteiger partial charge on any atom is 0.264 e. The molecule has 1 aliphatic rings. The molecule has 1 aromatic heterocycles. The summed E-state index contributed by atoms with van der Waals surface area (Å²) in [7, 11) is -2.19. The minimum Gasteiger partial charge on any atom is -0.369 e. The van der Waals surface area contributed by atoms with Crippen LogP contribution in [0.1, 0.15) is 58.5 Å². The third-order valence-corrected chi connectivity index (χ3v) is 8.63. The van der Waals surface area contributed by atoms with E-state index in [4.69, 9.17) is 11.6 Å². The van der Waals surface area contributed by atoms with E-state index in [0.717, 1.165) is 16.8 Å². The Bertz CT molecular complexity index is 1590. The number of rotatable bonds is 9. The van der Waals surface area contributed by atoms with Crippen molar-refractivity contribution in [1.29, 1.82) is 0 Å². The number of carbonyl (C=O) groups is 3. The molecule has 4 rings (SSSR count). The molecular formula is C29H32ClN5O5S. The standard InChI is InChI=1S/C29H32ClN5O5S/c1-5-41(39,40)34-26(36)19-10-12-20(13-11-19)35-16-29(17-35,23-9-7-6-8-21(23)18(2)3)28(38)33-24-15-32-25(30)14-22(24)27(37)31-4/h6-15,18H,5,16-17H2,1-4H3,(H,31,37)(H,33,38)(H,34,36). The third kappa shape index (κ3) is 6.20. The van der Waals surface area contributed by atoms with Crippen molar-refractivity contribution in [1.82, 2.24) is 15.0 Å².